The number of aromatic amines is 1. The zero-order valence-electron chi connectivity index (χ0n) is 12.2. The van der Waals surface area contributed by atoms with Crippen molar-refractivity contribution in [3.05, 3.63) is 23.8 Å². The molecule has 22 heavy (non-hydrogen) atoms. The molecule has 0 aliphatic carbocycles. The Hall–Kier alpha value is -2.33. The summed E-state index contributed by atoms with van der Waals surface area (Å²) < 4.78 is 39.0. The second kappa shape index (κ2) is 7.10. The summed E-state index contributed by atoms with van der Waals surface area (Å²) >= 11 is 0. The van der Waals surface area contributed by atoms with E-state index in [0.29, 0.717) is 6.54 Å². The first-order valence-corrected chi connectivity index (χ1v) is 6.17. The van der Waals surface area contributed by atoms with Crippen LogP contribution in [-0.4, -0.2) is 59.6 Å². The Morgan fingerprint density at radius 1 is 1.18 bits per heavy atom. The van der Waals surface area contributed by atoms with Gasteiger partial charge in [-0.15, -0.1) is 0 Å². The first-order chi connectivity index (χ1) is 10.1. The van der Waals surface area contributed by atoms with Crippen LogP contribution in [0.1, 0.15) is 5.56 Å². The van der Waals surface area contributed by atoms with E-state index < -0.39 is 7.25 Å². The number of hydrogen-bond donors (Lipinski definition) is 1. The van der Waals surface area contributed by atoms with E-state index in [0.717, 1.165) is 16.6 Å². The number of fused-ring (bicyclic) bond motifs is 1. The number of hydrogen-bond acceptors (Lipinski definition) is 3. The Bertz CT molecular complexity index is 624. The van der Waals surface area contributed by atoms with Gasteiger partial charge in [0.25, 0.3) is 0 Å². The zero-order valence-corrected chi connectivity index (χ0v) is 12.2. The van der Waals surface area contributed by atoms with Crippen molar-refractivity contribution in [1.82, 2.24) is 25.2 Å². The smallest absolute Gasteiger partial charge is 0.418 e. The third kappa shape index (κ3) is 5.58. The maximum Gasteiger partial charge on any atom is 0.673 e. The van der Waals surface area contributed by atoms with E-state index in [1.165, 1.54) is 0 Å². The van der Waals surface area contributed by atoms with Gasteiger partial charge < -0.3 is 27.1 Å². The Balaban J connectivity index is 0.000000422. The molecule has 1 aromatic carbocycles. The molecule has 0 radical (unpaired) electrons. The van der Waals surface area contributed by atoms with Crippen LogP contribution < -0.4 is 0 Å². The van der Waals surface area contributed by atoms with Crippen molar-refractivity contribution in [1.29, 1.82) is 0 Å². The number of carbonyl (C=O) groups is 1. The molecular weight excluding hydrogens is 305 g/mol. The second-order valence-corrected chi connectivity index (χ2v) is 4.64. The number of para-hydroxylation sites is 1. The molecule has 0 unspecified atom stereocenters. The van der Waals surface area contributed by atoms with Gasteiger partial charge in [-0.3, -0.25) is 0 Å². The molecule has 0 saturated heterocycles. The van der Waals surface area contributed by atoms with Gasteiger partial charge in [0.05, 0.1) is 0 Å². The number of nitrogens with zero attached hydrogens (tertiary/aromatic N) is 4. The predicted molar refractivity (Wildman–Crippen MR) is 74.6 cm³/mol. The van der Waals surface area contributed by atoms with Crippen LogP contribution in [0, 0.1) is 0 Å². The third-order valence-electron chi connectivity index (χ3n) is 2.55. The molecule has 122 valence electrons. The highest BCUT2D eigenvalue weighted by Gasteiger charge is 2.20. The van der Waals surface area contributed by atoms with Gasteiger partial charge in [-0.05, 0) is 6.07 Å². The van der Waals surface area contributed by atoms with Crippen molar-refractivity contribution in [2.75, 3.05) is 21.1 Å². The van der Waals surface area contributed by atoms with Crippen molar-refractivity contribution in [2.24, 2.45) is 0 Å². The lowest BCUT2D eigenvalue weighted by Gasteiger charge is -2.21. The van der Waals surface area contributed by atoms with Gasteiger partial charge in [0.1, 0.15) is 11.0 Å². The van der Waals surface area contributed by atoms with Gasteiger partial charge >= 0.3 is 13.3 Å². The van der Waals surface area contributed by atoms with Crippen molar-refractivity contribution in [2.45, 2.75) is 6.54 Å². The average Bonchev–Trinajstić information content (AvgIpc) is 2.85. The second-order valence-electron chi connectivity index (χ2n) is 4.64. The minimum atomic E-state index is -6.00. The fraction of sp³-hybridized carbons (Fsp3) is 0.364. The minimum Gasteiger partial charge on any atom is -0.418 e. The highest BCUT2D eigenvalue weighted by Crippen LogP contribution is 2.15. The van der Waals surface area contributed by atoms with E-state index in [-0.39, 0.29) is 6.03 Å². The largest absolute Gasteiger partial charge is 0.673 e. The van der Waals surface area contributed by atoms with E-state index >= 15 is 0 Å². The van der Waals surface area contributed by atoms with Gasteiger partial charge in [0.2, 0.25) is 0 Å². The summed E-state index contributed by atoms with van der Waals surface area (Å²) in [5, 5.41) is 10.7. The van der Waals surface area contributed by atoms with Crippen LogP contribution in [0.25, 0.3) is 11.0 Å². The Morgan fingerprint density at radius 3 is 2.32 bits per heavy atom. The minimum absolute atomic E-state index is 0.0366. The molecule has 0 fully saturated rings. The van der Waals surface area contributed by atoms with Crippen molar-refractivity contribution < 1.29 is 22.1 Å². The molecule has 11 heteroatoms. The normalized spacial score (nSPS) is 10.9. The molecule has 0 bridgehead atoms. The lowest BCUT2D eigenvalue weighted by Crippen LogP contribution is -2.35. The van der Waals surface area contributed by atoms with Crippen molar-refractivity contribution in [3.8, 4) is 0 Å². The summed E-state index contributed by atoms with van der Waals surface area (Å²) in [6.07, 6.45) is 0. The van der Waals surface area contributed by atoms with E-state index in [9.17, 15) is 22.1 Å². The number of halogens is 4. The van der Waals surface area contributed by atoms with Crippen LogP contribution in [0.4, 0.5) is 22.1 Å². The summed E-state index contributed by atoms with van der Waals surface area (Å²) in [7, 11) is -0.772. The van der Waals surface area contributed by atoms with Crippen LogP contribution in [-0.2, 0) is 6.54 Å². The number of urea groups is 1. The quantitative estimate of drug-likeness (QED) is 0.682. The summed E-state index contributed by atoms with van der Waals surface area (Å²) in [6, 6.07) is 5.71. The molecule has 1 N–H and O–H groups in total. The van der Waals surface area contributed by atoms with Gasteiger partial charge in [-0.1, -0.05) is 12.1 Å². The lowest BCUT2D eigenvalue weighted by molar-refractivity contribution is 0.180. The lowest BCUT2D eigenvalue weighted by atomic mass is 10.2. The number of carbonyl (C=O) groups excluding carboxylic acids is 1. The fourth-order valence-electron chi connectivity index (χ4n) is 1.72. The van der Waals surface area contributed by atoms with E-state index in [1.807, 2.05) is 18.2 Å². The number of nitrogens with one attached hydrogen (secondary N) is 1. The molecule has 1 aromatic heterocycles. The number of amides is 2. The molecule has 0 aliphatic heterocycles. The number of benzene rings is 1. The standard InChI is InChI=1S/C11H15N5O.BF4/c1-15(2)11(17)16(3)7-8-5-4-6-9-10(8)13-14-12-9;2-1(3,4)5/h4-6H,7H2,1-3H3,(H,12,13,14);/q;-1. The highest BCUT2D eigenvalue weighted by molar-refractivity contribution is 6.50. The zero-order chi connectivity index (χ0) is 16.9. The van der Waals surface area contributed by atoms with E-state index in [4.69, 9.17) is 0 Å². The molecule has 2 aromatic rings. The molecule has 2 amide bonds. The van der Waals surface area contributed by atoms with Gasteiger partial charge in [-0.2, -0.15) is 15.4 Å². The van der Waals surface area contributed by atoms with Crippen LogP contribution in [0.2, 0.25) is 0 Å². The van der Waals surface area contributed by atoms with Crippen molar-refractivity contribution >= 4 is 24.3 Å². The highest BCUT2D eigenvalue weighted by atomic mass is 19.5. The van der Waals surface area contributed by atoms with E-state index in [2.05, 4.69) is 15.4 Å². The number of rotatable bonds is 2. The molecule has 0 aliphatic rings. The van der Waals surface area contributed by atoms with Crippen molar-refractivity contribution in [3.63, 3.8) is 0 Å². The Morgan fingerprint density at radius 2 is 1.77 bits per heavy atom. The van der Waals surface area contributed by atoms with Crippen LogP contribution in [0.3, 0.4) is 0 Å². The number of aromatic nitrogens is 3. The maximum absolute atomic E-state index is 11.7. The molecule has 2 rings (SSSR count). The first kappa shape index (κ1) is 17.7. The molecule has 0 spiro atoms. The summed E-state index contributed by atoms with van der Waals surface area (Å²) in [5.41, 5.74) is 2.60. The van der Waals surface area contributed by atoms with Crippen LogP contribution >= 0.6 is 0 Å². The molecular formula is C11H15BF4N5O-. The summed E-state index contributed by atoms with van der Waals surface area (Å²) in [6.45, 7) is 0.515. The number of H-pyrrole nitrogens is 1. The van der Waals surface area contributed by atoms with Gasteiger partial charge in [0, 0.05) is 33.3 Å². The predicted octanol–water partition coefficient (Wildman–Crippen LogP) is 2.37. The SMILES string of the molecule is CN(C)C(=O)N(C)Cc1cccc2n[nH]nc12.F[B-](F)(F)F. The summed E-state index contributed by atoms with van der Waals surface area (Å²) in [4.78, 5) is 14.9. The van der Waals surface area contributed by atoms with Crippen LogP contribution in [0.15, 0.2) is 18.2 Å². The van der Waals surface area contributed by atoms with Gasteiger partial charge in [0.15, 0.2) is 0 Å². The van der Waals surface area contributed by atoms with E-state index in [1.54, 1.807) is 30.9 Å². The topological polar surface area (TPSA) is 65.1 Å². The molecule has 6 nitrogen and oxygen atoms in total. The monoisotopic (exact) mass is 320 g/mol. The summed E-state index contributed by atoms with van der Waals surface area (Å²) in [5.74, 6) is 0. The maximum atomic E-state index is 11.7. The molecule has 0 saturated carbocycles. The molecule has 0 atom stereocenters. The Labute approximate surface area is 124 Å². The Kier molecular flexibility index (Phi) is 5.72. The first-order valence-electron chi connectivity index (χ1n) is 6.17. The third-order valence-corrected chi connectivity index (χ3v) is 2.55. The van der Waals surface area contributed by atoms with Crippen LogP contribution in [0.5, 0.6) is 0 Å². The average molecular weight is 320 g/mol. The fourth-order valence-corrected chi connectivity index (χ4v) is 1.72. The molecule has 1 heterocycles. The van der Waals surface area contributed by atoms with Gasteiger partial charge in [-0.25, -0.2) is 4.79 Å².